The van der Waals surface area contributed by atoms with E-state index in [0.29, 0.717) is 11.9 Å². The van der Waals surface area contributed by atoms with Crippen LogP contribution in [0.4, 0.5) is 17.3 Å². The first-order valence-corrected chi connectivity index (χ1v) is 12.6. The zero-order valence-corrected chi connectivity index (χ0v) is 20.7. The van der Waals surface area contributed by atoms with Gasteiger partial charge in [-0.3, -0.25) is 0 Å². The predicted octanol–water partition coefficient (Wildman–Crippen LogP) is 6.88. The first-order valence-electron chi connectivity index (χ1n) is 11.8. The molecule has 1 saturated heterocycles. The Morgan fingerprint density at radius 3 is 2.50 bits per heavy atom. The molecular weight excluding hydrogens is 440 g/mol. The van der Waals surface area contributed by atoms with Crippen molar-refractivity contribution in [2.75, 3.05) is 36.5 Å². The lowest BCUT2D eigenvalue weighted by molar-refractivity contribution is 0.122. The molecule has 0 saturated carbocycles. The number of morpholine rings is 1. The number of hydrogen-bond acceptors (Lipinski definition) is 6. The first kappa shape index (κ1) is 22.6. The highest BCUT2D eigenvalue weighted by molar-refractivity contribution is 7.18. The van der Waals surface area contributed by atoms with E-state index in [1.807, 2.05) is 6.20 Å². The zero-order valence-electron chi connectivity index (χ0n) is 19.9. The number of hydrogen-bond donors (Lipinski definition) is 1. The summed E-state index contributed by atoms with van der Waals surface area (Å²) >= 11 is 1.77. The van der Waals surface area contributed by atoms with E-state index in [1.54, 1.807) is 11.3 Å². The summed E-state index contributed by atoms with van der Waals surface area (Å²) in [5.41, 5.74) is 6.84. The predicted molar refractivity (Wildman–Crippen MR) is 142 cm³/mol. The molecule has 5 rings (SSSR count). The number of nitrogens with zero attached hydrogens (tertiary/aromatic N) is 3. The third-order valence-electron chi connectivity index (χ3n) is 6.15. The van der Waals surface area contributed by atoms with Crippen molar-refractivity contribution in [2.24, 2.45) is 0 Å². The molecule has 3 heterocycles. The van der Waals surface area contributed by atoms with Gasteiger partial charge >= 0.3 is 0 Å². The van der Waals surface area contributed by atoms with Gasteiger partial charge in [0.2, 0.25) is 5.95 Å². The van der Waals surface area contributed by atoms with E-state index in [-0.39, 0.29) is 0 Å². The average molecular weight is 471 g/mol. The fraction of sp³-hybridized carbons (Fsp3) is 0.286. The van der Waals surface area contributed by atoms with Crippen LogP contribution >= 0.6 is 11.3 Å². The van der Waals surface area contributed by atoms with Gasteiger partial charge in [0.25, 0.3) is 0 Å². The van der Waals surface area contributed by atoms with Crippen molar-refractivity contribution in [3.05, 3.63) is 78.0 Å². The molecule has 1 N–H and O–H groups in total. The molecule has 2 aromatic carbocycles. The second-order valence-corrected chi connectivity index (χ2v) is 10.0. The summed E-state index contributed by atoms with van der Waals surface area (Å²) in [7, 11) is 0. The number of ether oxygens (including phenoxy) is 1. The minimum absolute atomic E-state index is 0.514. The first-order chi connectivity index (χ1) is 16.6. The van der Waals surface area contributed by atoms with E-state index >= 15 is 0 Å². The van der Waals surface area contributed by atoms with Crippen LogP contribution < -0.4 is 10.2 Å². The number of benzene rings is 2. The molecule has 0 aliphatic carbocycles. The van der Waals surface area contributed by atoms with Crippen molar-refractivity contribution >= 4 is 28.7 Å². The summed E-state index contributed by atoms with van der Waals surface area (Å²) in [5.74, 6) is 1.12. The van der Waals surface area contributed by atoms with Crippen molar-refractivity contribution in [3.63, 3.8) is 0 Å². The van der Waals surface area contributed by atoms with Crippen molar-refractivity contribution in [3.8, 4) is 21.0 Å². The summed E-state index contributed by atoms with van der Waals surface area (Å²) in [6, 6.07) is 21.6. The highest BCUT2D eigenvalue weighted by Crippen LogP contribution is 2.36. The molecule has 1 aliphatic rings. The SMILES string of the molecule is Cc1cnc(Nc2ccc(N3CCOCC3)cc2)nc1-c1ccc(-c2cccc(C(C)C)c2)s1. The van der Waals surface area contributed by atoms with Crippen LogP contribution in [0.5, 0.6) is 0 Å². The molecule has 5 nitrogen and oxygen atoms in total. The maximum Gasteiger partial charge on any atom is 0.227 e. The van der Waals surface area contributed by atoms with Gasteiger partial charge in [-0.15, -0.1) is 11.3 Å². The van der Waals surface area contributed by atoms with E-state index in [2.05, 4.69) is 96.6 Å². The number of rotatable bonds is 6. The standard InChI is InChI=1S/C28H30N4OS/c1-19(2)21-5-4-6-22(17-21)25-11-12-26(34-25)27-20(3)18-29-28(31-27)30-23-7-9-24(10-8-23)32-13-15-33-16-14-32/h4-12,17-19H,13-16H2,1-3H3,(H,29,30,31). The van der Waals surface area contributed by atoms with Gasteiger partial charge in [-0.25, -0.2) is 9.97 Å². The second kappa shape index (κ2) is 9.95. The Kier molecular flexibility index (Phi) is 6.61. The Hall–Kier alpha value is -3.22. The van der Waals surface area contributed by atoms with Gasteiger partial charge in [0, 0.05) is 35.5 Å². The Balaban J connectivity index is 1.35. The van der Waals surface area contributed by atoms with Crippen LogP contribution in [0.3, 0.4) is 0 Å². The highest BCUT2D eigenvalue weighted by atomic mass is 32.1. The van der Waals surface area contributed by atoms with Crippen LogP contribution in [0, 0.1) is 6.92 Å². The minimum Gasteiger partial charge on any atom is -0.378 e. The highest BCUT2D eigenvalue weighted by Gasteiger charge is 2.13. The summed E-state index contributed by atoms with van der Waals surface area (Å²) in [6.45, 7) is 9.96. The van der Waals surface area contributed by atoms with E-state index < -0.39 is 0 Å². The monoisotopic (exact) mass is 470 g/mol. The van der Waals surface area contributed by atoms with Crippen LogP contribution in [-0.2, 0) is 4.74 Å². The fourth-order valence-electron chi connectivity index (χ4n) is 4.13. The lowest BCUT2D eigenvalue weighted by Gasteiger charge is -2.28. The van der Waals surface area contributed by atoms with Gasteiger partial charge in [-0.05, 0) is 65.9 Å². The van der Waals surface area contributed by atoms with Crippen molar-refractivity contribution < 1.29 is 4.74 Å². The Labute approximate surface area is 205 Å². The molecule has 1 aliphatic heterocycles. The summed E-state index contributed by atoms with van der Waals surface area (Å²) in [4.78, 5) is 14.1. The Morgan fingerprint density at radius 1 is 0.971 bits per heavy atom. The number of anilines is 3. The molecule has 0 atom stereocenters. The van der Waals surface area contributed by atoms with Crippen LogP contribution in [0.25, 0.3) is 21.0 Å². The van der Waals surface area contributed by atoms with E-state index in [1.165, 1.54) is 21.7 Å². The lowest BCUT2D eigenvalue weighted by Crippen LogP contribution is -2.36. The normalized spacial score (nSPS) is 13.9. The molecule has 0 radical (unpaired) electrons. The van der Waals surface area contributed by atoms with Crippen LogP contribution in [0.1, 0.15) is 30.9 Å². The van der Waals surface area contributed by atoms with Crippen molar-refractivity contribution in [2.45, 2.75) is 26.7 Å². The maximum atomic E-state index is 5.45. The quantitative estimate of drug-likeness (QED) is 0.333. The average Bonchev–Trinajstić information content (AvgIpc) is 3.36. The number of thiophene rings is 1. The van der Waals surface area contributed by atoms with Crippen LogP contribution in [0.15, 0.2) is 66.9 Å². The number of nitrogens with one attached hydrogen (secondary N) is 1. The second-order valence-electron chi connectivity index (χ2n) is 8.94. The zero-order chi connectivity index (χ0) is 23.5. The molecule has 0 amide bonds. The number of aryl methyl sites for hydroxylation is 1. The van der Waals surface area contributed by atoms with Gasteiger partial charge in [0.15, 0.2) is 0 Å². The molecule has 2 aromatic heterocycles. The van der Waals surface area contributed by atoms with Crippen LogP contribution in [0.2, 0.25) is 0 Å². The largest absolute Gasteiger partial charge is 0.378 e. The molecule has 0 bridgehead atoms. The Bertz CT molecular complexity index is 1260. The topological polar surface area (TPSA) is 50.3 Å². The fourth-order valence-corrected chi connectivity index (χ4v) is 5.19. The van der Waals surface area contributed by atoms with E-state index in [9.17, 15) is 0 Å². The maximum absolute atomic E-state index is 5.45. The minimum atomic E-state index is 0.514. The van der Waals surface area contributed by atoms with Gasteiger partial charge in [0.1, 0.15) is 0 Å². The molecule has 174 valence electrons. The van der Waals surface area contributed by atoms with E-state index in [0.717, 1.165) is 48.1 Å². The van der Waals surface area contributed by atoms with Crippen molar-refractivity contribution in [1.29, 1.82) is 0 Å². The third-order valence-corrected chi connectivity index (χ3v) is 7.29. The third kappa shape index (κ3) is 4.98. The molecular formula is C28H30N4OS. The summed E-state index contributed by atoms with van der Waals surface area (Å²) in [6.07, 6.45) is 1.89. The molecule has 0 unspecified atom stereocenters. The molecule has 34 heavy (non-hydrogen) atoms. The smallest absolute Gasteiger partial charge is 0.227 e. The molecule has 6 heteroatoms. The van der Waals surface area contributed by atoms with Gasteiger partial charge in [-0.2, -0.15) is 0 Å². The molecule has 0 spiro atoms. The number of aromatic nitrogens is 2. The van der Waals surface area contributed by atoms with Crippen molar-refractivity contribution in [1.82, 2.24) is 9.97 Å². The van der Waals surface area contributed by atoms with Crippen LogP contribution in [-0.4, -0.2) is 36.3 Å². The van der Waals surface area contributed by atoms with Gasteiger partial charge in [-0.1, -0.05) is 38.1 Å². The summed E-state index contributed by atoms with van der Waals surface area (Å²) < 4.78 is 5.45. The molecule has 4 aromatic rings. The Morgan fingerprint density at radius 2 is 1.74 bits per heavy atom. The van der Waals surface area contributed by atoms with E-state index in [4.69, 9.17) is 9.72 Å². The lowest BCUT2D eigenvalue weighted by atomic mass is 10.0. The van der Waals surface area contributed by atoms with Gasteiger partial charge in [0.05, 0.1) is 23.8 Å². The van der Waals surface area contributed by atoms with Gasteiger partial charge < -0.3 is 15.0 Å². The summed E-state index contributed by atoms with van der Waals surface area (Å²) in [5, 5.41) is 3.37. The molecule has 1 fully saturated rings.